The molecule has 0 unspecified atom stereocenters. The minimum Gasteiger partial charge on any atom is -0.287 e. The monoisotopic (exact) mass is 251 g/mol. The van der Waals surface area contributed by atoms with Crippen molar-refractivity contribution in [1.29, 1.82) is 0 Å². The zero-order valence-corrected chi connectivity index (χ0v) is 10.7. The van der Waals surface area contributed by atoms with Crippen molar-refractivity contribution in [2.75, 3.05) is 0 Å². The van der Waals surface area contributed by atoms with E-state index in [2.05, 4.69) is 65.0 Å². The Hall–Kier alpha value is -1.93. The van der Waals surface area contributed by atoms with E-state index in [4.69, 9.17) is 0 Å². The van der Waals surface area contributed by atoms with Crippen LogP contribution in [0.4, 0.5) is 0 Å². The van der Waals surface area contributed by atoms with E-state index in [1.807, 2.05) is 6.21 Å². The summed E-state index contributed by atoms with van der Waals surface area (Å²) in [5, 5.41) is 4.62. The van der Waals surface area contributed by atoms with Crippen LogP contribution >= 0.6 is 11.3 Å². The Morgan fingerprint density at radius 1 is 0.944 bits per heavy atom. The molecule has 1 nitrogen and oxygen atoms in total. The van der Waals surface area contributed by atoms with Crippen LogP contribution in [0.5, 0.6) is 0 Å². The Morgan fingerprint density at radius 3 is 2.67 bits per heavy atom. The second-order valence-electron chi connectivity index (χ2n) is 4.16. The number of aliphatic imine (C=N–C) groups is 1. The lowest BCUT2D eigenvalue weighted by molar-refractivity contribution is 1.11. The molecule has 0 spiro atoms. The van der Waals surface area contributed by atoms with Crippen molar-refractivity contribution < 1.29 is 0 Å². The molecule has 0 N–H and O–H groups in total. The molecule has 0 aliphatic heterocycles. The summed E-state index contributed by atoms with van der Waals surface area (Å²) in [6.45, 7) is 0.768. The molecule has 3 aromatic rings. The van der Waals surface area contributed by atoms with Crippen LogP contribution in [0, 0.1) is 0 Å². The number of fused-ring (bicyclic) bond motifs is 1. The summed E-state index contributed by atoms with van der Waals surface area (Å²) < 4.78 is 0. The van der Waals surface area contributed by atoms with Gasteiger partial charge in [-0.1, -0.05) is 42.5 Å². The molecule has 0 atom stereocenters. The lowest BCUT2D eigenvalue weighted by atomic mass is 10.1. The van der Waals surface area contributed by atoms with Crippen molar-refractivity contribution in [1.82, 2.24) is 0 Å². The van der Waals surface area contributed by atoms with Gasteiger partial charge in [-0.2, -0.15) is 0 Å². The first-order chi connectivity index (χ1) is 8.92. The molecular weight excluding hydrogens is 238 g/mol. The first-order valence-electron chi connectivity index (χ1n) is 5.93. The molecule has 0 saturated carbocycles. The maximum atomic E-state index is 4.48. The van der Waals surface area contributed by atoms with Crippen LogP contribution in [0.15, 0.2) is 65.0 Å². The number of hydrogen-bond acceptors (Lipinski definition) is 2. The number of hydrogen-bond donors (Lipinski definition) is 0. The third-order valence-electron chi connectivity index (χ3n) is 2.84. The Morgan fingerprint density at radius 2 is 1.83 bits per heavy atom. The van der Waals surface area contributed by atoms with Gasteiger partial charge in [-0.3, -0.25) is 4.99 Å². The van der Waals surface area contributed by atoms with Crippen molar-refractivity contribution >= 4 is 28.3 Å². The number of rotatable bonds is 3. The lowest BCUT2D eigenvalue weighted by Gasteiger charge is -1.98. The number of benzene rings is 2. The van der Waals surface area contributed by atoms with Crippen molar-refractivity contribution in [3.63, 3.8) is 0 Å². The maximum absolute atomic E-state index is 4.48. The smallest absolute Gasteiger partial charge is 0.0732 e. The molecule has 1 heterocycles. The number of thiophene rings is 1. The molecule has 1 aromatic heterocycles. The van der Waals surface area contributed by atoms with Crippen molar-refractivity contribution in [3.05, 3.63) is 70.4 Å². The molecule has 3 rings (SSSR count). The molecule has 88 valence electrons. The second kappa shape index (κ2) is 5.15. The zero-order valence-electron chi connectivity index (χ0n) is 9.91. The predicted octanol–water partition coefficient (Wildman–Crippen LogP) is 4.52. The second-order valence-corrected chi connectivity index (χ2v) is 5.19. The van der Waals surface area contributed by atoms with Gasteiger partial charge in [-0.25, -0.2) is 0 Å². The largest absolute Gasteiger partial charge is 0.287 e. The molecule has 0 bridgehead atoms. The Bertz CT molecular complexity index is 668. The molecule has 2 aromatic carbocycles. The van der Waals surface area contributed by atoms with Gasteiger partial charge in [0.25, 0.3) is 0 Å². The fourth-order valence-electron chi connectivity index (χ4n) is 1.93. The van der Waals surface area contributed by atoms with Crippen LogP contribution < -0.4 is 0 Å². The summed E-state index contributed by atoms with van der Waals surface area (Å²) in [5.41, 5.74) is 1.16. The first-order valence-corrected chi connectivity index (χ1v) is 6.81. The van der Waals surface area contributed by atoms with Gasteiger partial charge < -0.3 is 0 Å². The van der Waals surface area contributed by atoms with Crippen LogP contribution in [0.3, 0.4) is 0 Å². The molecule has 18 heavy (non-hydrogen) atoms. The highest BCUT2D eigenvalue weighted by molar-refractivity contribution is 7.09. The van der Waals surface area contributed by atoms with Gasteiger partial charge in [0.1, 0.15) is 0 Å². The van der Waals surface area contributed by atoms with E-state index in [-0.39, 0.29) is 0 Å². The minimum atomic E-state index is 0.768. The van der Waals surface area contributed by atoms with Crippen molar-refractivity contribution in [2.24, 2.45) is 4.99 Å². The average Bonchev–Trinajstić information content (AvgIpc) is 2.92. The SMILES string of the molecule is C(=NCc1cccs1)c1ccc2ccccc2c1. The molecule has 0 aliphatic rings. The van der Waals surface area contributed by atoms with Crippen LogP contribution in [0.1, 0.15) is 10.4 Å². The van der Waals surface area contributed by atoms with E-state index in [1.165, 1.54) is 15.6 Å². The third-order valence-corrected chi connectivity index (χ3v) is 3.70. The van der Waals surface area contributed by atoms with Gasteiger partial charge in [-0.15, -0.1) is 11.3 Å². The fraction of sp³-hybridized carbons (Fsp3) is 0.0625. The van der Waals surface area contributed by atoms with Gasteiger partial charge in [0.05, 0.1) is 6.54 Å². The topological polar surface area (TPSA) is 12.4 Å². The van der Waals surface area contributed by atoms with Crippen LogP contribution in [-0.4, -0.2) is 6.21 Å². The number of nitrogens with zero attached hydrogens (tertiary/aromatic N) is 1. The first kappa shape index (κ1) is 11.2. The molecule has 2 heteroatoms. The molecule has 0 radical (unpaired) electrons. The summed E-state index contributed by atoms with van der Waals surface area (Å²) in [6.07, 6.45) is 1.95. The van der Waals surface area contributed by atoms with Crippen molar-refractivity contribution in [2.45, 2.75) is 6.54 Å². The highest BCUT2D eigenvalue weighted by atomic mass is 32.1. The summed E-state index contributed by atoms with van der Waals surface area (Å²) in [5.74, 6) is 0. The Kier molecular flexibility index (Phi) is 3.20. The van der Waals surface area contributed by atoms with E-state index in [0.29, 0.717) is 0 Å². The summed E-state index contributed by atoms with van der Waals surface area (Å²) in [6, 6.07) is 19.0. The summed E-state index contributed by atoms with van der Waals surface area (Å²) >= 11 is 1.75. The summed E-state index contributed by atoms with van der Waals surface area (Å²) in [4.78, 5) is 5.77. The van der Waals surface area contributed by atoms with Gasteiger partial charge in [0, 0.05) is 11.1 Å². The average molecular weight is 251 g/mol. The normalized spacial score (nSPS) is 11.3. The van der Waals surface area contributed by atoms with Gasteiger partial charge in [0.2, 0.25) is 0 Å². The molecule has 0 aliphatic carbocycles. The zero-order chi connectivity index (χ0) is 12.2. The van der Waals surface area contributed by atoms with Gasteiger partial charge in [-0.05, 0) is 33.8 Å². The van der Waals surface area contributed by atoms with E-state index >= 15 is 0 Å². The minimum absolute atomic E-state index is 0.768. The van der Waals surface area contributed by atoms with E-state index < -0.39 is 0 Å². The van der Waals surface area contributed by atoms with E-state index in [9.17, 15) is 0 Å². The predicted molar refractivity (Wildman–Crippen MR) is 79.6 cm³/mol. The fourth-order valence-corrected chi connectivity index (χ4v) is 2.57. The van der Waals surface area contributed by atoms with Gasteiger partial charge >= 0.3 is 0 Å². The molecular formula is C16H13NS. The van der Waals surface area contributed by atoms with Crippen LogP contribution in [0.2, 0.25) is 0 Å². The lowest BCUT2D eigenvalue weighted by Crippen LogP contribution is -1.83. The standard InChI is InChI=1S/C16H13NS/c1-2-5-15-10-13(7-8-14(15)4-1)11-17-12-16-6-3-9-18-16/h1-11H,12H2. The maximum Gasteiger partial charge on any atom is 0.0732 e. The Labute approximate surface area is 110 Å². The summed E-state index contributed by atoms with van der Waals surface area (Å²) in [7, 11) is 0. The Balaban J connectivity index is 1.80. The van der Waals surface area contributed by atoms with Crippen LogP contribution in [-0.2, 0) is 6.54 Å². The van der Waals surface area contributed by atoms with Gasteiger partial charge in [0.15, 0.2) is 0 Å². The van der Waals surface area contributed by atoms with E-state index in [1.54, 1.807) is 11.3 Å². The highest BCUT2D eigenvalue weighted by Crippen LogP contribution is 2.15. The third kappa shape index (κ3) is 2.49. The highest BCUT2D eigenvalue weighted by Gasteiger charge is 1.94. The molecule has 0 saturated heterocycles. The molecule has 0 amide bonds. The molecule has 0 fully saturated rings. The van der Waals surface area contributed by atoms with Crippen molar-refractivity contribution in [3.8, 4) is 0 Å². The quantitative estimate of drug-likeness (QED) is 0.607. The van der Waals surface area contributed by atoms with Crippen LogP contribution in [0.25, 0.3) is 10.8 Å². The van der Waals surface area contributed by atoms with E-state index in [0.717, 1.165) is 12.1 Å².